The molecular weight excluding hydrogens is 1200 g/mol. The Morgan fingerprint density at radius 3 is 0.890 bits per heavy atom. The highest BCUT2D eigenvalue weighted by Gasteiger charge is 2.30. The van der Waals surface area contributed by atoms with Gasteiger partial charge in [-0.25, -0.2) is 9.13 Å². The van der Waals surface area contributed by atoms with Crippen molar-refractivity contribution < 1.29 is 80.2 Å². The summed E-state index contributed by atoms with van der Waals surface area (Å²) in [4.78, 5) is 72.5. The molecule has 0 aromatic rings. The summed E-state index contributed by atoms with van der Waals surface area (Å²) < 4.78 is 68.2. The molecule has 0 radical (unpaired) electrons. The maximum Gasteiger partial charge on any atom is 0.472 e. The fourth-order valence-electron chi connectivity index (χ4n) is 10.4. The molecule has 17 nitrogen and oxygen atoms in total. The van der Waals surface area contributed by atoms with Crippen molar-refractivity contribution in [1.29, 1.82) is 0 Å². The SMILES string of the molecule is CCCCCC/C=C\C=C/CCCCCCCC(=O)OC[C@H](COP(=O)(O)OC[C@@H](O)COP(=O)(O)OC[C@@H](COC(=O)CCCCCCCCC(C)C)OC(=O)CCCCCCCCC(C)C)OC(=O)CCCCCCCCCCCCCCCCCC(C)C. The summed E-state index contributed by atoms with van der Waals surface area (Å²) in [5.74, 6) is -0.0150. The van der Waals surface area contributed by atoms with E-state index in [0.717, 1.165) is 121 Å². The van der Waals surface area contributed by atoms with Crippen molar-refractivity contribution in [3.63, 3.8) is 0 Å². The number of esters is 4. The monoisotopic (exact) mass is 1330 g/mol. The van der Waals surface area contributed by atoms with Crippen LogP contribution in [0.3, 0.4) is 0 Å². The molecule has 0 heterocycles. The van der Waals surface area contributed by atoms with Crippen molar-refractivity contribution in [3.8, 4) is 0 Å². The average molecular weight is 1340 g/mol. The van der Waals surface area contributed by atoms with Crippen LogP contribution in [0.4, 0.5) is 0 Å². The summed E-state index contributed by atoms with van der Waals surface area (Å²) in [7, 11) is -9.91. The van der Waals surface area contributed by atoms with Gasteiger partial charge in [-0.1, -0.05) is 285 Å². The van der Waals surface area contributed by atoms with Crippen molar-refractivity contribution in [2.24, 2.45) is 17.8 Å². The molecule has 0 aromatic heterocycles. The van der Waals surface area contributed by atoms with Crippen LogP contribution in [-0.4, -0.2) is 96.7 Å². The standard InChI is InChI=1S/C72H136O17P2/c1-8-9-10-11-12-13-14-15-17-21-24-27-30-39-46-53-69(74)82-59-67(88-71(76)55-48-41-31-28-25-22-19-16-18-20-23-26-29-36-43-50-63(2)3)61-86-90(78,79)84-57-66(73)58-85-91(80,81)87-62-68(89-72(77)56-49-42-35-33-38-45-52-65(6)7)60-83-70(75)54-47-40-34-32-37-44-51-64(4)5/h13-15,17,63-68,73H,8-12,16,18-62H2,1-7H3,(H,78,79)(H,80,81)/b14-13-,17-15-/t66-,67-,68-/m1/s1. The molecule has 0 fully saturated rings. The topological polar surface area (TPSA) is 237 Å². The smallest absolute Gasteiger partial charge is 0.462 e. The molecule has 0 aliphatic rings. The summed E-state index contributed by atoms with van der Waals surface area (Å²) in [5, 5.41) is 10.6. The number of aliphatic hydroxyl groups is 1. The number of unbranched alkanes of at least 4 members (excludes halogenated alkanes) is 33. The van der Waals surface area contributed by atoms with Gasteiger partial charge in [0, 0.05) is 25.7 Å². The van der Waals surface area contributed by atoms with Crippen LogP contribution in [0, 0.1) is 17.8 Å². The zero-order valence-electron chi connectivity index (χ0n) is 58.8. The lowest BCUT2D eigenvalue weighted by Gasteiger charge is -2.21. The summed E-state index contributed by atoms with van der Waals surface area (Å²) in [6.45, 7) is 11.6. The van der Waals surface area contributed by atoms with Crippen LogP contribution >= 0.6 is 15.6 Å². The van der Waals surface area contributed by atoms with Crippen molar-refractivity contribution in [1.82, 2.24) is 0 Å². The van der Waals surface area contributed by atoms with Crippen LogP contribution in [0.15, 0.2) is 24.3 Å². The molecule has 19 heteroatoms. The molecule has 536 valence electrons. The molecule has 0 spiro atoms. The number of ether oxygens (including phenoxy) is 4. The molecule has 2 unspecified atom stereocenters. The van der Waals surface area contributed by atoms with Gasteiger partial charge in [0.05, 0.1) is 26.4 Å². The van der Waals surface area contributed by atoms with E-state index in [0.29, 0.717) is 37.5 Å². The Labute approximate surface area is 554 Å². The third-order valence-corrected chi connectivity index (χ3v) is 17.9. The lowest BCUT2D eigenvalue weighted by molar-refractivity contribution is -0.161. The first-order valence-corrected chi connectivity index (χ1v) is 39.7. The largest absolute Gasteiger partial charge is 0.472 e. The van der Waals surface area contributed by atoms with Crippen molar-refractivity contribution in [2.45, 2.75) is 356 Å². The van der Waals surface area contributed by atoms with Crippen LogP contribution < -0.4 is 0 Å². The molecule has 0 aliphatic heterocycles. The van der Waals surface area contributed by atoms with Gasteiger partial charge in [0.2, 0.25) is 0 Å². The fourth-order valence-corrected chi connectivity index (χ4v) is 11.9. The van der Waals surface area contributed by atoms with E-state index in [1.807, 2.05) is 0 Å². The van der Waals surface area contributed by atoms with Gasteiger partial charge in [0.1, 0.15) is 19.3 Å². The van der Waals surface area contributed by atoms with E-state index in [9.17, 15) is 43.2 Å². The van der Waals surface area contributed by atoms with Crippen molar-refractivity contribution in [3.05, 3.63) is 24.3 Å². The molecule has 5 atom stereocenters. The molecule has 0 rings (SSSR count). The summed E-state index contributed by atoms with van der Waals surface area (Å²) in [5.41, 5.74) is 0. The molecule has 91 heavy (non-hydrogen) atoms. The highest BCUT2D eigenvalue weighted by atomic mass is 31.2. The van der Waals surface area contributed by atoms with E-state index in [1.54, 1.807) is 0 Å². The van der Waals surface area contributed by atoms with E-state index in [-0.39, 0.29) is 25.7 Å². The minimum atomic E-state index is -4.96. The molecular formula is C72H136O17P2. The summed E-state index contributed by atoms with van der Waals surface area (Å²) >= 11 is 0. The number of carbonyl (C=O) groups is 4. The highest BCUT2D eigenvalue weighted by molar-refractivity contribution is 7.47. The van der Waals surface area contributed by atoms with Gasteiger partial charge >= 0.3 is 39.5 Å². The minimum absolute atomic E-state index is 0.0985. The Balaban J connectivity index is 5.25. The van der Waals surface area contributed by atoms with Crippen LogP contribution in [0.1, 0.15) is 337 Å². The lowest BCUT2D eigenvalue weighted by Crippen LogP contribution is -2.30. The molecule has 0 saturated carbocycles. The van der Waals surface area contributed by atoms with Gasteiger partial charge < -0.3 is 33.8 Å². The molecule has 0 saturated heterocycles. The van der Waals surface area contributed by atoms with Crippen LogP contribution in [0.25, 0.3) is 0 Å². The highest BCUT2D eigenvalue weighted by Crippen LogP contribution is 2.45. The minimum Gasteiger partial charge on any atom is -0.462 e. The maximum atomic E-state index is 13.0. The normalized spacial score (nSPS) is 14.3. The average Bonchev–Trinajstić information content (AvgIpc) is 2.80. The Hall–Kier alpha value is -2.46. The van der Waals surface area contributed by atoms with Gasteiger partial charge in [-0.15, -0.1) is 0 Å². The third-order valence-electron chi connectivity index (χ3n) is 16.0. The van der Waals surface area contributed by atoms with Gasteiger partial charge in [-0.05, 0) is 69.1 Å². The first-order chi connectivity index (χ1) is 43.7. The molecule has 0 aromatic carbocycles. The van der Waals surface area contributed by atoms with E-state index in [4.69, 9.17) is 37.0 Å². The summed E-state index contributed by atoms with van der Waals surface area (Å²) in [6, 6.07) is 0. The number of phosphoric acid groups is 2. The van der Waals surface area contributed by atoms with E-state index < -0.39 is 97.5 Å². The van der Waals surface area contributed by atoms with Crippen molar-refractivity contribution >= 4 is 39.5 Å². The van der Waals surface area contributed by atoms with Crippen molar-refractivity contribution in [2.75, 3.05) is 39.6 Å². The zero-order chi connectivity index (χ0) is 67.3. The second kappa shape index (κ2) is 62.4. The first kappa shape index (κ1) is 88.5. The molecule has 0 amide bonds. The lowest BCUT2D eigenvalue weighted by atomic mass is 10.0. The van der Waals surface area contributed by atoms with Crippen LogP contribution in [0.2, 0.25) is 0 Å². The Bertz CT molecular complexity index is 1880. The predicted molar refractivity (Wildman–Crippen MR) is 367 cm³/mol. The predicted octanol–water partition coefficient (Wildman–Crippen LogP) is 20.2. The Morgan fingerprint density at radius 2 is 0.593 bits per heavy atom. The number of allylic oxidation sites excluding steroid dienone is 4. The van der Waals surface area contributed by atoms with E-state index in [1.165, 1.54) is 122 Å². The summed E-state index contributed by atoms with van der Waals surface area (Å²) in [6.07, 6.45) is 49.8. The van der Waals surface area contributed by atoms with Crippen LogP contribution in [0.5, 0.6) is 0 Å². The van der Waals surface area contributed by atoms with Gasteiger partial charge in [-0.3, -0.25) is 37.3 Å². The number of carbonyl (C=O) groups excluding carboxylic acids is 4. The Morgan fingerprint density at radius 1 is 0.341 bits per heavy atom. The second-order valence-corrected chi connectivity index (χ2v) is 29.6. The first-order valence-electron chi connectivity index (χ1n) is 36.7. The number of rotatable bonds is 68. The van der Waals surface area contributed by atoms with Gasteiger partial charge in [-0.2, -0.15) is 0 Å². The molecule has 0 aliphatic carbocycles. The third kappa shape index (κ3) is 66.0. The van der Waals surface area contributed by atoms with E-state index in [2.05, 4.69) is 72.8 Å². The number of hydrogen-bond acceptors (Lipinski definition) is 15. The van der Waals surface area contributed by atoms with Gasteiger partial charge in [0.15, 0.2) is 12.2 Å². The second-order valence-electron chi connectivity index (χ2n) is 26.7. The number of phosphoric ester groups is 2. The quantitative estimate of drug-likeness (QED) is 0.0169. The van der Waals surface area contributed by atoms with E-state index >= 15 is 0 Å². The zero-order valence-corrected chi connectivity index (χ0v) is 60.6. The number of hydrogen-bond donors (Lipinski definition) is 3. The Kier molecular flexibility index (Phi) is 60.7. The number of aliphatic hydroxyl groups excluding tert-OH is 1. The maximum absolute atomic E-state index is 13.0. The van der Waals surface area contributed by atoms with Gasteiger partial charge in [0.25, 0.3) is 0 Å². The molecule has 0 bridgehead atoms. The molecule has 3 N–H and O–H groups in total. The fraction of sp³-hybridized carbons (Fsp3) is 0.889. The van der Waals surface area contributed by atoms with Crippen LogP contribution in [-0.2, 0) is 65.4 Å².